The quantitative estimate of drug-likeness (QED) is 0.0732. The van der Waals surface area contributed by atoms with Crippen molar-refractivity contribution in [3.05, 3.63) is 111 Å². The van der Waals surface area contributed by atoms with Crippen molar-refractivity contribution in [1.82, 2.24) is 15.3 Å². The number of H-pyrrole nitrogens is 1. The van der Waals surface area contributed by atoms with Crippen LogP contribution in [0.2, 0.25) is 0 Å². The molecule has 4 aromatic rings. The van der Waals surface area contributed by atoms with E-state index in [9.17, 15) is 29.1 Å². The number of benzene rings is 3. The van der Waals surface area contributed by atoms with E-state index in [2.05, 4.69) is 63.4 Å². The molecule has 3 atom stereocenters. The van der Waals surface area contributed by atoms with Gasteiger partial charge in [-0.2, -0.15) is 17.6 Å². The third kappa shape index (κ3) is 14.0. The number of amides is 1. The van der Waals surface area contributed by atoms with Gasteiger partial charge in [-0.3, -0.25) is 24.2 Å². The van der Waals surface area contributed by atoms with Gasteiger partial charge in [0, 0.05) is 48.9 Å². The number of carbonyl (C=O) groups is 4. The number of hydrogen-bond acceptors (Lipinski definition) is 12. The molecular weight excluding hydrogens is 741 g/mol. The standard InChI is InChI=1S/C20H25N7O6.C15H12.C4H9NO2S/c1-27-12(9-23-16-15(27)18(31)26-20(21)25-16)8-22-11-4-2-10(3-5-11)17(30)24-13(19(32)33)6-7-14(28)29;1-13-7-5-6-10-15(13)12-11-14-8-3-2-4-9-14;5-3(1-2-8)4(6)7/h2-5,12-13,22H,6-9H2,1H3,(H,24,30)(H,28,29)(H,32,33)(H4,21,23,25,26,31);2-10H,1H3;3,8H,1-2,5H2,(H,6,7)/t12?,13-;;3-/m0.0/s1. The Morgan fingerprint density at radius 2 is 1.62 bits per heavy atom. The molecule has 1 amide bonds. The highest BCUT2D eigenvalue weighted by molar-refractivity contribution is 7.80. The molecule has 0 aliphatic carbocycles. The van der Waals surface area contributed by atoms with Crippen molar-refractivity contribution >= 4 is 59.6 Å². The number of hydrogen-bond donors (Lipinski definition) is 10. The highest BCUT2D eigenvalue weighted by Crippen LogP contribution is 2.25. The summed E-state index contributed by atoms with van der Waals surface area (Å²) < 4.78 is 0. The van der Waals surface area contributed by atoms with Gasteiger partial charge in [0.1, 0.15) is 17.8 Å². The van der Waals surface area contributed by atoms with E-state index in [0.29, 0.717) is 36.8 Å². The van der Waals surface area contributed by atoms with Crippen LogP contribution in [-0.4, -0.2) is 93.1 Å². The number of likely N-dealkylation sites (N-methyl/N-ethyl adjacent to an activating group) is 1. The Balaban J connectivity index is 0.000000298. The van der Waals surface area contributed by atoms with Crippen molar-refractivity contribution in [3.63, 3.8) is 0 Å². The number of anilines is 4. The number of nitrogen functional groups attached to an aromatic ring is 1. The molecule has 0 fully saturated rings. The van der Waals surface area contributed by atoms with E-state index in [1.165, 1.54) is 17.7 Å². The monoisotopic (exact) mass is 786 g/mol. The van der Waals surface area contributed by atoms with Gasteiger partial charge in [0.05, 0.1) is 6.04 Å². The highest BCUT2D eigenvalue weighted by atomic mass is 32.1. The van der Waals surface area contributed by atoms with Crippen LogP contribution < -0.4 is 37.9 Å². The Bertz CT molecular complexity index is 2070. The van der Waals surface area contributed by atoms with Crippen LogP contribution in [0.3, 0.4) is 0 Å². The summed E-state index contributed by atoms with van der Waals surface area (Å²) in [5, 5.41) is 34.7. The summed E-state index contributed by atoms with van der Waals surface area (Å²) >= 11 is 3.81. The van der Waals surface area contributed by atoms with E-state index < -0.39 is 35.9 Å². The molecule has 0 saturated heterocycles. The maximum absolute atomic E-state index is 12.3. The fourth-order valence-electron chi connectivity index (χ4n) is 5.06. The molecule has 0 spiro atoms. The fourth-order valence-corrected chi connectivity index (χ4v) is 5.33. The Morgan fingerprint density at radius 1 is 0.964 bits per heavy atom. The van der Waals surface area contributed by atoms with Gasteiger partial charge in [-0.25, -0.2) is 4.79 Å². The Hall–Kier alpha value is -6.51. The van der Waals surface area contributed by atoms with Crippen LogP contribution in [0.15, 0.2) is 83.7 Å². The Morgan fingerprint density at radius 3 is 2.21 bits per heavy atom. The fraction of sp³-hybridized carbons (Fsp3) is 0.282. The third-order valence-corrected chi connectivity index (χ3v) is 8.53. The zero-order valence-corrected chi connectivity index (χ0v) is 31.8. The van der Waals surface area contributed by atoms with Crippen LogP contribution in [-0.2, 0) is 14.4 Å². The number of carboxylic acids is 3. The van der Waals surface area contributed by atoms with Crippen molar-refractivity contribution in [2.75, 3.05) is 47.2 Å². The summed E-state index contributed by atoms with van der Waals surface area (Å²) in [4.78, 5) is 64.8. The number of aryl methyl sites for hydroxylation is 1. The number of aromatic amines is 1. The average molecular weight is 787 g/mol. The average Bonchev–Trinajstić information content (AvgIpc) is 3.16. The molecule has 0 saturated carbocycles. The second kappa shape index (κ2) is 22.0. The second-order valence-electron chi connectivity index (χ2n) is 12.4. The van der Waals surface area contributed by atoms with Crippen LogP contribution in [0.1, 0.15) is 46.3 Å². The molecule has 0 radical (unpaired) electrons. The molecule has 11 N–H and O–H groups in total. The molecule has 2 heterocycles. The molecule has 16 nitrogen and oxygen atoms in total. The van der Waals surface area contributed by atoms with Gasteiger partial charge in [-0.15, -0.1) is 0 Å². The third-order valence-electron chi connectivity index (χ3n) is 8.28. The number of thiol groups is 1. The van der Waals surface area contributed by atoms with E-state index in [1.807, 2.05) is 53.4 Å². The van der Waals surface area contributed by atoms with E-state index in [1.54, 1.807) is 19.2 Å². The number of nitrogens with one attached hydrogen (secondary N) is 4. The molecule has 1 aliphatic rings. The van der Waals surface area contributed by atoms with E-state index in [0.717, 1.165) is 16.8 Å². The normalized spacial score (nSPS) is 13.6. The first-order valence-electron chi connectivity index (χ1n) is 17.4. The predicted octanol–water partition coefficient (Wildman–Crippen LogP) is 2.86. The summed E-state index contributed by atoms with van der Waals surface area (Å²) in [6.07, 6.45) is -0.157. The Labute approximate surface area is 329 Å². The summed E-state index contributed by atoms with van der Waals surface area (Å²) in [6.45, 7) is 3.09. The summed E-state index contributed by atoms with van der Waals surface area (Å²) in [5.74, 6) is 3.30. The van der Waals surface area contributed by atoms with E-state index in [4.69, 9.17) is 21.7 Å². The number of fused-ring (bicyclic) bond motifs is 1. The smallest absolute Gasteiger partial charge is 0.326 e. The number of rotatable bonds is 12. The summed E-state index contributed by atoms with van der Waals surface area (Å²) in [7, 11) is 1.79. The number of carbonyl (C=O) groups excluding carboxylic acids is 1. The minimum absolute atomic E-state index is 0.0388. The van der Waals surface area contributed by atoms with Crippen molar-refractivity contribution in [2.24, 2.45) is 5.73 Å². The molecule has 3 aromatic carbocycles. The van der Waals surface area contributed by atoms with Gasteiger partial charge in [0.2, 0.25) is 5.95 Å². The van der Waals surface area contributed by atoms with Crippen molar-refractivity contribution in [2.45, 2.75) is 44.3 Å². The lowest BCUT2D eigenvalue weighted by Gasteiger charge is -2.35. The van der Waals surface area contributed by atoms with Crippen LogP contribution in [0.5, 0.6) is 0 Å². The van der Waals surface area contributed by atoms with Crippen LogP contribution >= 0.6 is 12.6 Å². The zero-order valence-electron chi connectivity index (χ0n) is 30.9. The minimum Gasteiger partial charge on any atom is -0.481 e. The topological polar surface area (TPSA) is 266 Å². The number of nitrogens with zero attached hydrogens (tertiary/aromatic N) is 2. The van der Waals surface area contributed by atoms with Crippen LogP contribution in [0.4, 0.5) is 23.1 Å². The molecule has 0 bridgehead atoms. The first-order chi connectivity index (χ1) is 26.7. The van der Waals surface area contributed by atoms with Gasteiger partial charge in [0.15, 0.2) is 5.82 Å². The zero-order chi connectivity index (χ0) is 41.2. The lowest BCUT2D eigenvalue weighted by molar-refractivity contribution is -0.141. The predicted molar refractivity (Wildman–Crippen MR) is 218 cm³/mol. The van der Waals surface area contributed by atoms with Crippen molar-refractivity contribution < 1.29 is 34.5 Å². The molecule has 17 heteroatoms. The number of aromatic nitrogens is 2. The number of nitrogens with two attached hydrogens (primary N) is 2. The van der Waals surface area contributed by atoms with Gasteiger partial charge in [-0.05, 0) is 73.5 Å². The maximum atomic E-state index is 12.3. The first-order valence-corrected chi connectivity index (χ1v) is 18.0. The molecule has 1 aliphatic heterocycles. The number of carboxylic acid groups (broad SMARTS) is 3. The molecule has 5 rings (SSSR count). The molecule has 1 unspecified atom stereocenters. The molecule has 56 heavy (non-hydrogen) atoms. The molecular formula is C39H46N8O8S. The largest absolute Gasteiger partial charge is 0.481 e. The summed E-state index contributed by atoms with van der Waals surface area (Å²) in [5.41, 5.74) is 15.1. The summed E-state index contributed by atoms with van der Waals surface area (Å²) in [6, 6.07) is 22.5. The van der Waals surface area contributed by atoms with Crippen molar-refractivity contribution in [1.29, 1.82) is 0 Å². The van der Waals surface area contributed by atoms with Crippen LogP contribution in [0, 0.1) is 18.8 Å². The van der Waals surface area contributed by atoms with Gasteiger partial charge >= 0.3 is 17.9 Å². The van der Waals surface area contributed by atoms with E-state index >= 15 is 0 Å². The molecule has 1 aromatic heterocycles. The SMILES string of the molecule is CN1c2c(nc(N)[nH]c2=O)NCC1CNc1ccc(C(=O)N[C@@H](CCC(=O)O)C(=O)O)cc1.Cc1ccccc1C#Cc1ccccc1.N[C@@H](CCS)C(=O)O. The second-order valence-corrected chi connectivity index (χ2v) is 12.9. The first kappa shape index (κ1) is 43.9. The van der Waals surface area contributed by atoms with Gasteiger partial charge in [0.25, 0.3) is 11.5 Å². The lowest BCUT2D eigenvalue weighted by atomic mass is 10.1. The minimum atomic E-state index is -1.30. The number of aliphatic carboxylic acids is 3. The molecule has 296 valence electrons. The van der Waals surface area contributed by atoms with E-state index in [-0.39, 0.29) is 36.0 Å². The highest BCUT2D eigenvalue weighted by Gasteiger charge is 2.27. The lowest BCUT2D eigenvalue weighted by Crippen LogP contribution is -2.48. The van der Waals surface area contributed by atoms with Crippen molar-refractivity contribution in [3.8, 4) is 11.8 Å². The van der Waals surface area contributed by atoms with Crippen LogP contribution in [0.25, 0.3) is 0 Å². The van der Waals surface area contributed by atoms with Gasteiger partial charge in [-0.1, -0.05) is 48.2 Å². The Kier molecular flexibility index (Phi) is 17.3. The van der Waals surface area contributed by atoms with Gasteiger partial charge < -0.3 is 47.6 Å². The maximum Gasteiger partial charge on any atom is 0.326 e.